The minimum atomic E-state index is -1.30. The van der Waals surface area contributed by atoms with Crippen molar-refractivity contribution in [3.05, 3.63) is 33.8 Å². The van der Waals surface area contributed by atoms with Crippen LogP contribution in [-0.2, 0) is 15.1 Å². The Bertz CT molecular complexity index is 437. The van der Waals surface area contributed by atoms with Crippen LogP contribution in [0.5, 0.6) is 0 Å². The van der Waals surface area contributed by atoms with Gasteiger partial charge in [0.05, 0.1) is 0 Å². The molecular formula is C9H6Cl3NO2. The molecule has 80 valence electrons. The van der Waals surface area contributed by atoms with Crippen LogP contribution in [0.3, 0.4) is 0 Å². The van der Waals surface area contributed by atoms with Gasteiger partial charge in [0.2, 0.25) is 5.60 Å². The van der Waals surface area contributed by atoms with Crippen molar-refractivity contribution in [1.82, 2.24) is 0 Å². The van der Waals surface area contributed by atoms with Gasteiger partial charge in [0, 0.05) is 15.6 Å². The van der Waals surface area contributed by atoms with Gasteiger partial charge in [-0.2, -0.15) is 0 Å². The first-order chi connectivity index (χ1) is 6.98. The normalized spacial score (nSPS) is 28.9. The summed E-state index contributed by atoms with van der Waals surface area (Å²) in [6, 6.07) is 4.69. The van der Waals surface area contributed by atoms with Crippen molar-refractivity contribution in [2.45, 2.75) is 11.2 Å². The first-order valence-corrected chi connectivity index (χ1v) is 5.25. The quantitative estimate of drug-likeness (QED) is 0.659. The van der Waals surface area contributed by atoms with Gasteiger partial charge in [-0.15, -0.1) is 0 Å². The number of carbonyl (C=O) groups is 1. The van der Waals surface area contributed by atoms with E-state index < -0.39 is 17.1 Å². The van der Waals surface area contributed by atoms with E-state index in [9.17, 15) is 4.79 Å². The third-order valence-electron chi connectivity index (χ3n) is 2.25. The van der Waals surface area contributed by atoms with Crippen molar-refractivity contribution in [1.29, 1.82) is 0 Å². The average Bonchev–Trinajstić information content (AvgIpc) is 2.78. The Morgan fingerprint density at radius 3 is 2.47 bits per heavy atom. The van der Waals surface area contributed by atoms with E-state index in [-0.39, 0.29) is 0 Å². The molecule has 2 rings (SSSR count). The topological polar surface area (TPSA) is 55.6 Å². The van der Waals surface area contributed by atoms with Crippen LogP contribution < -0.4 is 5.73 Å². The lowest BCUT2D eigenvalue weighted by Crippen LogP contribution is -2.31. The van der Waals surface area contributed by atoms with Crippen LogP contribution in [0.1, 0.15) is 5.56 Å². The highest BCUT2D eigenvalue weighted by Crippen LogP contribution is 2.50. The van der Waals surface area contributed by atoms with Crippen LogP contribution in [0.4, 0.5) is 0 Å². The molecule has 1 heterocycles. The summed E-state index contributed by atoms with van der Waals surface area (Å²) in [4.78, 5) is 11.3. The maximum Gasteiger partial charge on any atom is 0.258 e. The second kappa shape index (κ2) is 3.52. The highest BCUT2D eigenvalue weighted by molar-refractivity contribution is 6.35. The molecule has 2 atom stereocenters. The van der Waals surface area contributed by atoms with E-state index >= 15 is 0 Å². The van der Waals surface area contributed by atoms with Crippen LogP contribution in [0, 0.1) is 0 Å². The number of alkyl halides is 1. The molecule has 0 spiro atoms. The highest BCUT2D eigenvalue weighted by atomic mass is 35.5. The SMILES string of the molecule is NC(=O)C1(c2ccc(Cl)cc2Cl)OC1Cl. The van der Waals surface area contributed by atoms with Gasteiger partial charge in [0.15, 0.2) is 5.56 Å². The molecule has 0 bridgehead atoms. The molecule has 3 nitrogen and oxygen atoms in total. The molecule has 1 aromatic rings. The molecule has 1 amide bonds. The number of epoxide rings is 1. The molecule has 0 aliphatic carbocycles. The second-order valence-electron chi connectivity index (χ2n) is 3.16. The standard InChI is InChI=1S/C9H6Cl3NO2/c10-4-1-2-5(6(11)3-4)9(8(13)14)7(12)15-9/h1-3,7H,(H2,13,14). The first-order valence-electron chi connectivity index (χ1n) is 4.06. The molecule has 15 heavy (non-hydrogen) atoms. The van der Waals surface area contributed by atoms with Crippen molar-refractivity contribution < 1.29 is 9.53 Å². The van der Waals surface area contributed by atoms with Crippen LogP contribution in [0.15, 0.2) is 18.2 Å². The molecule has 2 N–H and O–H groups in total. The number of nitrogens with two attached hydrogens (primary N) is 1. The van der Waals surface area contributed by atoms with E-state index in [2.05, 4.69) is 0 Å². The Balaban J connectivity index is 2.50. The summed E-state index contributed by atoms with van der Waals surface area (Å²) < 4.78 is 5.04. The summed E-state index contributed by atoms with van der Waals surface area (Å²) in [5.74, 6) is -0.660. The largest absolute Gasteiger partial charge is 0.367 e. The predicted octanol–water partition coefficient (Wildman–Crippen LogP) is 2.27. The fourth-order valence-corrected chi connectivity index (χ4v) is 2.32. The smallest absolute Gasteiger partial charge is 0.258 e. The Morgan fingerprint density at radius 1 is 1.47 bits per heavy atom. The van der Waals surface area contributed by atoms with E-state index in [1.807, 2.05) is 0 Å². The molecule has 1 aliphatic rings. The zero-order valence-corrected chi connectivity index (χ0v) is 9.60. The monoisotopic (exact) mass is 265 g/mol. The number of halogens is 3. The minimum absolute atomic E-state index is 0.310. The van der Waals surface area contributed by atoms with E-state index in [0.29, 0.717) is 15.6 Å². The number of hydrogen-bond acceptors (Lipinski definition) is 2. The Hall–Kier alpha value is -0.480. The van der Waals surface area contributed by atoms with Gasteiger partial charge in [0.25, 0.3) is 5.91 Å². The zero-order chi connectivity index (χ0) is 11.2. The molecule has 2 unspecified atom stereocenters. The van der Waals surface area contributed by atoms with E-state index in [1.165, 1.54) is 6.07 Å². The van der Waals surface area contributed by atoms with Gasteiger partial charge < -0.3 is 10.5 Å². The summed E-state index contributed by atoms with van der Waals surface area (Å²) >= 11 is 17.4. The fourth-order valence-electron chi connectivity index (χ4n) is 1.41. The minimum Gasteiger partial charge on any atom is -0.367 e. The lowest BCUT2D eigenvalue weighted by atomic mass is 9.99. The van der Waals surface area contributed by atoms with Crippen molar-refractivity contribution in [2.75, 3.05) is 0 Å². The third-order valence-corrected chi connectivity index (χ3v) is 3.19. The second-order valence-corrected chi connectivity index (χ2v) is 4.40. The summed E-state index contributed by atoms with van der Waals surface area (Å²) in [5, 5.41) is 0.777. The fraction of sp³-hybridized carbons (Fsp3) is 0.222. The van der Waals surface area contributed by atoms with Gasteiger partial charge in [-0.3, -0.25) is 4.79 Å². The molecule has 1 saturated heterocycles. The molecule has 0 radical (unpaired) electrons. The van der Waals surface area contributed by atoms with Crippen LogP contribution in [0.25, 0.3) is 0 Å². The van der Waals surface area contributed by atoms with E-state index in [0.717, 1.165) is 0 Å². The molecule has 6 heteroatoms. The Labute approximate surface area is 101 Å². The molecule has 1 fully saturated rings. The number of ether oxygens (including phenoxy) is 1. The maximum absolute atomic E-state index is 11.3. The van der Waals surface area contributed by atoms with Crippen molar-refractivity contribution in [3.63, 3.8) is 0 Å². The number of rotatable bonds is 2. The number of primary amides is 1. The molecule has 1 aromatic carbocycles. The van der Waals surface area contributed by atoms with Crippen LogP contribution in [-0.4, -0.2) is 11.5 Å². The van der Waals surface area contributed by atoms with Gasteiger partial charge in [0.1, 0.15) is 0 Å². The predicted molar refractivity (Wildman–Crippen MR) is 58.1 cm³/mol. The summed E-state index contributed by atoms with van der Waals surface area (Å²) in [6.07, 6.45) is 0. The van der Waals surface area contributed by atoms with Gasteiger partial charge in [-0.25, -0.2) is 0 Å². The Kier molecular flexibility index (Phi) is 2.59. The van der Waals surface area contributed by atoms with Crippen LogP contribution in [0.2, 0.25) is 10.0 Å². The van der Waals surface area contributed by atoms with Gasteiger partial charge in [-0.05, 0) is 12.1 Å². The molecule has 0 aromatic heterocycles. The average molecular weight is 267 g/mol. The molecule has 1 aliphatic heterocycles. The highest BCUT2D eigenvalue weighted by Gasteiger charge is 2.63. The summed E-state index contributed by atoms with van der Waals surface area (Å²) in [5.41, 5.74) is 3.60. The molecular weight excluding hydrogens is 260 g/mol. The van der Waals surface area contributed by atoms with Gasteiger partial charge >= 0.3 is 0 Å². The zero-order valence-electron chi connectivity index (χ0n) is 7.34. The lowest BCUT2D eigenvalue weighted by Gasteiger charge is -2.10. The molecule has 0 saturated carbocycles. The lowest BCUT2D eigenvalue weighted by molar-refractivity contribution is -0.123. The van der Waals surface area contributed by atoms with E-state index in [1.54, 1.807) is 12.1 Å². The maximum atomic E-state index is 11.3. The Morgan fingerprint density at radius 2 is 2.07 bits per heavy atom. The van der Waals surface area contributed by atoms with Crippen LogP contribution >= 0.6 is 34.8 Å². The number of carbonyl (C=O) groups excluding carboxylic acids is 1. The van der Waals surface area contributed by atoms with E-state index in [4.69, 9.17) is 45.3 Å². The number of amides is 1. The number of benzene rings is 1. The number of hydrogen-bond donors (Lipinski definition) is 1. The van der Waals surface area contributed by atoms with Crippen molar-refractivity contribution in [2.24, 2.45) is 5.73 Å². The van der Waals surface area contributed by atoms with Crippen molar-refractivity contribution >= 4 is 40.7 Å². The van der Waals surface area contributed by atoms with Crippen molar-refractivity contribution in [3.8, 4) is 0 Å². The summed E-state index contributed by atoms with van der Waals surface area (Å²) in [6.45, 7) is 0. The summed E-state index contributed by atoms with van der Waals surface area (Å²) in [7, 11) is 0. The first kappa shape index (κ1) is 11.0. The third kappa shape index (κ3) is 1.60. The van der Waals surface area contributed by atoms with Gasteiger partial charge in [-0.1, -0.05) is 40.9 Å².